The Bertz CT molecular complexity index is 571. The fourth-order valence-corrected chi connectivity index (χ4v) is 4.47. The van der Waals surface area contributed by atoms with Gasteiger partial charge in [-0.05, 0) is 49.4 Å². The molecule has 2 unspecified atom stereocenters. The summed E-state index contributed by atoms with van der Waals surface area (Å²) in [4.78, 5) is 0. The van der Waals surface area contributed by atoms with Crippen molar-refractivity contribution in [3.8, 4) is 0 Å². The fourth-order valence-electron chi connectivity index (χ4n) is 2.88. The van der Waals surface area contributed by atoms with Crippen molar-refractivity contribution in [2.24, 2.45) is 0 Å². The largest absolute Gasteiger partial charge is 0.382 e. The second-order valence-electron chi connectivity index (χ2n) is 5.61. The minimum atomic E-state index is -2.92. The van der Waals surface area contributed by atoms with Crippen LogP contribution in [0.1, 0.15) is 38.2 Å². The molecule has 1 aliphatic carbocycles. The number of anilines is 1. The molecule has 0 radical (unpaired) electrons. The lowest BCUT2D eigenvalue weighted by Crippen LogP contribution is -2.34. The van der Waals surface area contributed by atoms with Crippen LogP contribution in [0.4, 0.5) is 5.69 Å². The van der Waals surface area contributed by atoms with Crippen molar-refractivity contribution in [1.82, 2.24) is 0 Å². The van der Waals surface area contributed by atoms with Gasteiger partial charge in [-0.25, -0.2) is 8.42 Å². The van der Waals surface area contributed by atoms with Gasteiger partial charge in [-0.15, -0.1) is 0 Å². The molecule has 1 aromatic carbocycles. The van der Waals surface area contributed by atoms with Crippen molar-refractivity contribution in [3.63, 3.8) is 0 Å². The van der Waals surface area contributed by atoms with Gasteiger partial charge in [0.15, 0.2) is 0 Å². The van der Waals surface area contributed by atoms with E-state index in [1.54, 1.807) is 0 Å². The van der Waals surface area contributed by atoms with Gasteiger partial charge in [0.2, 0.25) is 0 Å². The highest BCUT2D eigenvalue weighted by Gasteiger charge is 2.28. The van der Waals surface area contributed by atoms with E-state index < -0.39 is 9.84 Å². The molecule has 20 heavy (non-hydrogen) atoms. The van der Waals surface area contributed by atoms with E-state index in [2.05, 4.69) is 40.3 Å². The summed E-state index contributed by atoms with van der Waals surface area (Å²) in [5.41, 5.74) is 2.40. The Labute approximate surface area is 130 Å². The summed E-state index contributed by atoms with van der Waals surface area (Å²) in [6.45, 7) is 2.13. The molecule has 0 heterocycles. The van der Waals surface area contributed by atoms with Crippen LogP contribution in [0.25, 0.3) is 0 Å². The molecule has 0 spiro atoms. The lowest BCUT2D eigenvalue weighted by atomic mass is 9.94. The molecular formula is C15H22BrNO2S. The van der Waals surface area contributed by atoms with Crippen LogP contribution in [-0.4, -0.2) is 26.0 Å². The van der Waals surface area contributed by atoms with Crippen LogP contribution in [0.3, 0.4) is 0 Å². The van der Waals surface area contributed by atoms with E-state index in [1.807, 2.05) is 6.07 Å². The highest BCUT2D eigenvalue weighted by Crippen LogP contribution is 2.28. The summed E-state index contributed by atoms with van der Waals surface area (Å²) in [5, 5.41) is 3.36. The Hall–Kier alpha value is -0.550. The van der Waals surface area contributed by atoms with E-state index in [-0.39, 0.29) is 11.3 Å². The van der Waals surface area contributed by atoms with Crippen molar-refractivity contribution in [2.45, 2.75) is 50.3 Å². The number of rotatable bonds is 4. The predicted molar refractivity (Wildman–Crippen MR) is 88.0 cm³/mol. The van der Waals surface area contributed by atoms with Crippen LogP contribution in [0, 0.1) is 0 Å². The van der Waals surface area contributed by atoms with Crippen molar-refractivity contribution in [3.05, 3.63) is 28.2 Å². The van der Waals surface area contributed by atoms with Gasteiger partial charge in [0, 0.05) is 22.5 Å². The summed E-state index contributed by atoms with van der Waals surface area (Å²) in [6, 6.07) is 6.49. The Kier molecular flexibility index (Phi) is 5.13. The topological polar surface area (TPSA) is 46.2 Å². The second kappa shape index (κ2) is 6.48. The molecule has 0 bridgehead atoms. The van der Waals surface area contributed by atoms with Gasteiger partial charge in [-0.2, -0.15) is 0 Å². The van der Waals surface area contributed by atoms with Crippen molar-refractivity contribution >= 4 is 31.5 Å². The zero-order valence-electron chi connectivity index (χ0n) is 12.0. The Morgan fingerprint density at radius 3 is 2.75 bits per heavy atom. The molecule has 5 heteroatoms. The average molecular weight is 360 g/mol. The lowest BCUT2D eigenvalue weighted by Gasteiger charge is -2.30. The van der Waals surface area contributed by atoms with Gasteiger partial charge in [0.1, 0.15) is 9.84 Å². The van der Waals surface area contributed by atoms with E-state index in [0.29, 0.717) is 0 Å². The summed E-state index contributed by atoms with van der Waals surface area (Å²) in [6.07, 6.45) is 5.87. The van der Waals surface area contributed by atoms with E-state index in [1.165, 1.54) is 11.8 Å². The third kappa shape index (κ3) is 3.98. The van der Waals surface area contributed by atoms with Crippen LogP contribution in [0.2, 0.25) is 0 Å². The highest BCUT2D eigenvalue weighted by atomic mass is 79.9. The van der Waals surface area contributed by atoms with Crippen molar-refractivity contribution < 1.29 is 8.42 Å². The summed E-state index contributed by atoms with van der Waals surface area (Å²) < 4.78 is 24.5. The second-order valence-corrected chi connectivity index (χ2v) is 8.86. The summed E-state index contributed by atoms with van der Waals surface area (Å²) >= 11 is 3.49. The maximum atomic E-state index is 11.7. The maximum absolute atomic E-state index is 11.7. The monoisotopic (exact) mass is 359 g/mol. The third-order valence-corrected chi connectivity index (χ3v) is 6.17. The highest BCUT2D eigenvalue weighted by molar-refractivity contribution is 9.10. The van der Waals surface area contributed by atoms with Crippen LogP contribution in [0.15, 0.2) is 22.7 Å². The molecule has 2 atom stereocenters. The first-order chi connectivity index (χ1) is 9.40. The van der Waals surface area contributed by atoms with Crippen LogP contribution in [-0.2, 0) is 16.3 Å². The number of sulfone groups is 1. The average Bonchev–Trinajstić information content (AvgIpc) is 2.40. The zero-order valence-corrected chi connectivity index (χ0v) is 14.4. The number of hydrogen-bond acceptors (Lipinski definition) is 3. The van der Waals surface area contributed by atoms with Gasteiger partial charge in [0.05, 0.1) is 5.25 Å². The van der Waals surface area contributed by atoms with Gasteiger partial charge in [-0.1, -0.05) is 29.3 Å². The number of hydrogen-bond donors (Lipinski definition) is 1. The van der Waals surface area contributed by atoms with Gasteiger partial charge in [0.25, 0.3) is 0 Å². The van der Waals surface area contributed by atoms with E-state index >= 15 is 0 Å². The lowest BCUT2D eigenvalue weighted by molar-refractivity contribution is 0.453. The Morgan fingerprint density at radius 2 is 2.10 bits per heavy atom. The minimum absolute atomic E-state index is 0.186. The predicted octanol–water partition coefficient (Wildman–Crippen LogP) is 3.78. The summed E-state index contributed by atoms with van der Waals surface area (Å²) in [7, 11) is -2.92. The van der Waals surface area contributed by atoms with Crippen LogP contribution >= 0.6 is 15.9 Å². The third-order valence-electron chi connectivity index (χ3n) is 4.04. The van der Waals surface area contributed by atoms with Gasteiger partial charge < -0.3 is 5.32 Å². The molecule has 3 nitrogen and oxygen atoms in total. The van der Waals surface area contributed by atoms with Crippen molar-refractivity contribution in [2.75, 3.05) is 11.6 Å². The smallest absolute Gasteiger partial charge is 0.150 e. The number of aryl methyl sites for hydroxylation is 1. The normalized spacial score (nSPS) is 23.6. The minimum Gasteiger partial charge on any atom is -0.382 e. The molecule has 0 saturated heterocycles. The van der Waals surface area contributed by atoms with Crippen LogP contribution in [0.5, 0.6) is 0 Å². The van der Waals surface area contributed by atoms with Gasteiger partial charge in [-0.3, -0.25) is 0 Å². The van der Waals surface area contributed by atoms with E-state index in [0.717, 1.165) is 42.3 Å². The molecule has 1 saturated carbocycles. The first kappa shape index (κ1) is 15.8. The van der Waals surface area contributed by atoms with E-state index in [9.17, 15) is 8.42 Å². The molecule has 1 N–H and O–H groups in total. The SMILES string of the molecule is CCc1cc(Br)ccc1NC1CCCC(S(C)(=O)=O)C1. The van der Waals surface area contributed by atoms with Gasteiger partial charge >= 0.3 is 0 Å². The number of halogens is 1. The number of benzene rings is 1. The Morgan fingerprint density at radius 1 is 1.35 bits per heavy atom. The molecule has 0 aromatic heterocycles. The number of nitrogens with one attached hydrogen (secondary N) is 1. The fraction of sp³-hybridized carbons (Fsp3) is 0.600. The quantitative estimate of drug-likeness (QED) is 0.889. The van der Waals surface area contributed by atoms with E-state index in [4.69, 9.17) is 0 Å². The molecule has 2 rings (SSSR count). The molecular weight excluding hydrogens is 338 g/mol. The summed E-state index contributed by atoms with van der Waals surface area (Å²) in [5.74, 6) is 0. The molecule has 1 aliphatic rings. The first-order valence-corrected chi connectivity index (χ1v) is 9.88. The first-order valence-electron chi connectivity index (χ1n) is 7.14. The zero-order chi connectivity index (χ0) is 14.8. The molecule has 1 aromatic rings. The molecule has 0 amide bonds. The molecule has 112 valence electrons. The molecule has 0 aliphatic heterocycles. The van der Waals surface area contributed by atoms with Crippen molar-refractivity contribution in [1.29, 1.82) is 0 Å². The Balaban J connectivity index is 2.10. The molecule has 1 fully saturated rings. The van der Waals surface area contributed by atoms with Crippen LogP contribution < -0.4 is 5.32 Å². The maximum Gasteiger partial charge on any atom is 0.150 e. The standard InChI is InChI=1S/C15H22BrNO2S/c1-3-11-9-12(16)7-8-15(11)17-13-5-4-6-14(10-13)20(2,18)19/h7-9,13-14,17H,3-6,10H2,1-2H3.